The van der Waals surface area contributed by atoms with Crippen LogP contribution < -0.4 is 26.0 Å². The smallest absolute Gasteiger partial charge is 0.453 e. The van der Waals surface area contributed by atoms with Gasteiger partial charge in [0.25, 0.3) is 5.91 Å². The maximum Gasteiger partial charge on any atom is 0.573 e. The summed E-state index contributed by atoms with van der Waals surface area (Å²) in [6.07, 6.45) is -2.62. The number of alkyl carbamates (subject to hydrolysis) is 1. The molecular weight excluding hydrogens is 873 g/mol. The first kappa shape index (κ1) is 46.8. The predicted octanol–water partition coefficient (Wildman–Crippen LogP) is 7.19. The van der Waals surface area contributed by atoms with Crippen LogP contribution in [-0.2, 0) is 19.1 Å². The number of aromatic amines is 1. The molecule has 7 rings (SSSR count). The van der Waals surface area contributed by atoms with E-state index in [1.165, 1.54) is 25.4 Å². The molecule has 4 amide bonds. The van der Waals surface area contributed by atoms with Crippen LogP contribution in [0.5, 0.6) is 5.75 Å². The van der Waals surface area contributed by atoms with E-state index < -0.39 is 41.6 Å². The second-order valence-corrected chi connectivity index (χ2v) is 17.3. The molecule has 3 atom stereocenters. The number of halogens is 4. The van der Waals surface area contributed by atoms with Crippen molar-refractivity contribution in [3.8, 4) is 16.9 Å². The second-order valence-electron chi connectivity index (χ2n) is 16.9. The molecule has 2 saturated heterocycles. The van der Waals surface area contributed by atoms with E-state index in [-0.39, 0.29) is 58.6 Å². The van der Waals surface area contributed by atoms with E-state index in [1.807, 2.05) is 6.92 Å². The molecule has 0 bridgehead atoms. The number of alkyl halides is 3. The summed E-state index contributed by atoms with van der Waals surface area (Å²) in [5.41, 5.74) is 0.609. The van der Waals surface area contributed by atoms with Gasteiger partial charge >= 0.3 is 12.5 Å². The average Bonchev–Trinajstić information content (AvgIpc) is 3.91. The quantitative estimate of drug-likeness (QED) is 0.0615. The summed E-state index contributed by atoms with van der Waals surface area (Å²) in [6.45, 7) is 6.98. The zero-order valence-corrected chi connectivity index (χ0v) is 36.9. The predicted molar refractivity (Wildman–Crippen MR) is 236 cm³/mol. The van der Waals surface area contributed by atoms with Gasteiger partial charge in [-0.3, -0.25) is 14.4 Å². The molecule has 2 aliphatic heterocycles. The molecule has 4 heterocycles. The Morgan fingerprint density at radius 3 is 2.51 bits per heavy atom. The molecule has 0 saturated carbocycles. The third-order valence-corrected chi connectivity index (χ3v) is 12.0. The van der Waals surface area contributed by atoms with E-state index >= 15 is 0 Å². The number of nitrogens with zero attached hydrogens (tertiary/aromatic N) is 3. The number of likely N-dealkylation sites (tertiary alicyclic amines) is 1. The molecule has 6 N–H and O–H groups in total. The maximum absolute atomic E-state index is 14.2. The summed E-state index contributed by atoms with van der Waals surface area (Å²) in [5.74, 6) is -1.01. The molecule has 346 valence electrons. The molecule has 0 aliphatic carbocycles. The van der Waals surface area contributed by atoms with Crippen LogP contribution in [0, 0.1) is 17.3 Å². The normalized spacial score (nSPS) is 17.5. The number of pyridine rings is 1. The van der Waals surface area contributed by atoms with E-state index in [9.17, 15) is 37.5 Å². The number of hydrogen-bond donors (Lipinski definition) is 6. The lowest BCUT2D eigenvalue weighted by Crippen LogP contribution is -2.53. The molecule has 20 heteroatoms. The van der Waals surface area contributed by atoms with Crippen LogP contribution in [0.3, 0.4) is 0 Å². The number of amides is 4. The molecule has 0 unspecified atom stereocenters. The van der Waals surface area contributed by atoms with Crippen LogP contribution in [0.15, 0.2) is 60.8 Å². The standard InChI is InChI=1S/C45H50ClF3N8O8/c1-24-17-34(57(22-24)41(60)37(56-43(62)63-4)25-11-15-64-16-12-25)39-54-33-9-6-26-18-27(5-8-29(26)38(33)55-39)30-19-32(46)31(20-35(30)65-45(47,48)49)40(59)53-28-7-10-36(52-21-28)50-13-14-51-42(61)44(2,3)23-58/h5-10,18-21,24-25,34,37,58H,11-17,22-23H2,1-4H3,(H,50,52)(H,51,61)(H,53,59)(H,54,55)(H,56,62)/t24-,34-,37-/m0/s1. The van der Waals surface area contributed by atoms with Gasteiger partial charge in [-0.1, -0.05) is 36.7 Å². The van der Waals surface area contributed by atoms with Gasteiger partial charge in [0, 0.05) is 43.8 Å². The van der Waals surface area contributed by atoms with Crippen LogP contribution >= 0.6 is 11.6 Å². The number of aliphatic hydroxyl groups is 1. The van der Waals surface area contributed by atoms with Crippen molar-refractivity contribution in [3.05, 3.63) is 77.2 Å². The van der Waals surface area contributed by atoms with Crippen LogP contribution in [0.2, 0.25) is 5.02 Å². The van der Waals surface area contributed by atoms with Gasteiger partial charge in [-0.2, -0.15) is 0 Å². The lowest BCUT2D eigenvalue weighted by molar-refractivity contribution is -0.274. The van der Waals surface area contributed by atoms with E-state index in [2.05, 4.69) is 36.0 Å². The van der Waals surface area contributed by atoms with Crippen molar-refractivity contribution in [1.82, 2.24) is 30.5 Å². The minimum atomic E-state index is -5.11. The fourth-order valence-corrected chi connectivity index (χ4v) is 8.35. The number of hydrogen-bond acceptors (Lipinski definition) is 11. The molecule has 65 heavy (non-hydrogen) atoms. The number of fused-ring (bicyclic) bond motifs is 3. The summed E-state index contributed by atoms with van der Waals surface area (Å²) in [6, 6.07) is 12.7. The fourth-order valence-electron chi connectivity index (χ4n) is 8.10. The minimum Gasteiger partial charge on any atom is -0.453 e. The van der Waals surface area contributed by atoms with Crippen molar-refractivity contribution in [2.24, 2.45) is 17.3 Å². The Labute approximate surface area is 376 Å². The Hall–Kier alpha value is -6.18. The van der Waals surface area contributed by atoms with Crippen molar-refractivity contribution in [3.63, 3.8) is 0 Å². The van der Waals surface area contributed by atoms with Gasteiger partial charge in [0.15, 0.2) is 0 Å². The highest BCUT2D eigenvalue weighted by Gasteiger charge is 2.42. The van der Waals surface area contributed by atoms with Gasteiger partial charge < -0.3 is 50.5 Å². The molecule has 5 aromatic rings. The van der Waals surface area contributed by atoms with E-state index in [1.54, 1.807) is 55.1 Å². The minimum absolute atomic E-state index is 0.0180. The summed E-state index contributed by atoms with van der Waals surface area (Å²) in [4.78, 5) is 66.5. The van der Waals surface area contributed by atoms with Crippen molar-refractivity contribution < 1.29 is 51.7 Å². The summed E-state index contributed by atoms with van der Waals surface area (Å²) < 4.78 is 56.5. The molecular formula is C45H50ClF3N8O8. The first-order chi connectivity index (χ1) is 30.9. The first-order valence-corrected chi connectivity index (χ1v) is 21.5. The third kappa shape index (κ3) is 10.9. The Kier molecular flexibility index (Phi) is 14.0. The largest absolute Gasteiger partial charge is 0.573 e. The summed E-state index contributed by atoms with van der Waals surface area (Å²) >= 11 is 6.60. The number of imidazole rings is 1. The van der Waals surface area contributed by atoms with Crippen LogP contribution in [-0.4, -0.2) is 108 Å². The van der Waals surface area contributed by atoms with Gasteiger partial charge in [0.2, 0.25) is 11.8 Å². The van der Waals surface area contributed by atoms with Gasteiger partial charge in [0.05, 0.1) is 58.7 Å². The SMILES string of the molecule is COC(=O)N[C@H](C(=O)N1C[C@@H](C)C[C@H]1c1nc2c(ccc3cc(-c4cc(Cl)c(C(=O)Nc5ccc(NCCNC(=O)C(C)(C)CO)nc5)cc4OC(F)(F)F)ccc32)[nH]1)C1CCOCC1. The van der Waals surface area contributed by atoms with Crippen molar-refractivity contribution in [2.75, 3.05) is 57.2 Å². The number of rotatable bonds is 14. The third-order valence-electron chi connectivity index (χ3n) is 11.7. The number of H-pyrrole nitrogens is 1. The lowest BCUT2D eigenvalue weighted by atomic mass is 9.90. The Morgan fingerprint density at radius 1 is 1.05 bits per heavy atom. The number of anilines is 2. The zero-order valence-electron chi connectivity index (χ0n) is 36.1. The van der Waals surface area contributed by atoms with E-state index in [4.69, 9.17) is 26.1 Å². The number of aromatic nitrogens is 3. The molecule has 3 aromatic carbocycles. The molecule has 2 fully saturated rings. The van der Waals surface area contributed by atoms with Crippen molar-refractivity contribution in [1.29, 1.82) is 0 Å². The van der Waals surface area contributed by atoms with Gasteiger partial charge in [0.1, 0.15) is 23.4 Å². The monoisotopic (exact) mass is 922 g/mol. The van der Waals surface area contributed by atoms with Crippen LogP contribution in [0.1, 0.15) is 62.3 Å². The number of benzene rings is 3. The Balaban J connectivity index is 1.10. The molecule has 2 aromatic heterocycles. The van der Waals surface area contributed by atoms with Crippen molar-refractivity contribution in [2.45, 2.75) is 58.5 Å². The number of ether oxygens (including phenoxy) is 3. The van der Waals surface area contributed by atoms with E-state index in [0.29, 0.717) is 84.6 Å². The second kappa shape index (κ2) is 19.5. The molecule has 0 spiro atoms. The highest BCUT2D eigenvalue weighted by atomic mass is 35.5. The fraction of sp³-hybridized carbons (Fsp3) is 0.422. The first-order valence-electron chi connectivity index (χ1n) is 21.1. The molecule has 16 nitrogen and oxygen atoms in total. The number of carbonyl (C=O) groups is 4. The van der Waals surface area contributed by atoms with Gasteiger partial charge in [-0.25, -0.2) is 14.8 Å². The van der Waals surface area contributed by atoms with Gasteiger partial charge in [-0.15, -0.1) is 13.2 Å². The van der Waals surface area contributed by atoms with Crippen LogP contribution in [0.25, 0.3) is 32.9 Å². The van der Waals surface area contributed by atoms with E-state index in [0.717, 1.165) is 6.07 Å². The Bertz CT molecular complexity index is 2570. The lowest BCUT2D eigenvalue weighted by Gasteiger charge is -2.34. The van der Waals surface area contributed by atoms with Crippen LogP contribution in [0.4, 0.5) is 29.5 Å². The summed E-state index contributed by atoms with van der Waals surface area (Å²) in [7, 11) is 1.25. The summed E-state index contributed by atoms with van der Waals surface area (Å²) in [5, 5.41) is 21.6. The number of nitrogens with one attached hydrogen (secondary N) is 5. The molecule has 2 aliphatic rings. The topological polar surface area (TPSA) is 209 Å². The zero-order chi connectivity index (χ0) is 46.6. The highest BCUT2D eigenvalue weighted by Crippen LogP contribution is 2.41. The Morgan fingerprint density at radius 2 is 1.82 bits per heavy atom. The molecule has 0 radical (unpaired) electrons. The number of methoxy groups -OCH3 is 1. The number of carbonyl (C=O) groups excluding carboxylic acids is 4. The average molecular weight is 923 g/mol. The van der Waals surface area contributed by atoms with Crippen molar-refractivity contribution >= 4 is 68.7 Å². The highest BCUT2D eigenvalue weighted by molar-refractivity contribution is 6.35. The maximum atomic E-state index is 14.2. The van der Waals surface area contributed by atoms with Gasteiger partial charge in [-0.05, 0) is 92.3 Å². The number of aliphatic hydroxyl groups excluding tert-OH is 1.